The first-order valence-corrected chi connectivity index (χ1v) is 5.53. The van der Waals surface area contributed by atoms with E-state index in [4.69, 9.17) is 5.73 Å². The van der Waals surface area contributed by atoms with Crippen LogP contribution in [0.1, 0.15) is 6.92 Å². The smallest absolute Gasteiger partial charge is 0.340 e. The van der Waals surface area contributed by atoms with E-state index >= 15 is 0 Å². The zero-order chi connectivity index (χ0) is 15.3. The van der Waals surface area contributed by atoms with E-state index in [-0.39, 0.29) is 24.0 Å². The maximum atomic E-state index is 12.6. The molecule has 0 radical (unpaired) electrons. The predicted molar refractivity (Wildman–Crippen MR) is 70.2 cm³/mol. The Morgan fingerprint density at radius 2 is 2.10 bits per heavy atom. The fourth-order valence-electron chi connectivity index (χ4n) is 1.03. The van der Waals surface area contributed by atoms with Gasteiger partial charge in [-0.2, -0.15) is 8.78 Å². The van der Waals surface area contributed by atoms with Gasteiger partial charge in [-0.3, -0.25) is 4.79 Å². The van der Waals surface area contributed by atoms with Crippen LogP contribution in [0.25, 0.3) is 0 Å². The lowest BCUT2D eigenvalue weighted by atomic mass is 10.3. The van der Waals surface area contributed by atoms with Crippen LogP contribution in [0.15, 0.2) is 18.3 Å². The summed E-state index contributed by atoms with van der Waals surface area (Å²) in [6, 6.07) is 1.76. The van der Waals surface area contributed by atoms with Crippen LogP contribution in [0.4, 0.5) is 23.2 Å². The number of nitrogens with two attached hydrogens (primary N) is 1. The van der Waals surface area contributed by atoms with Crippen LogP contribution >= 0.6 is 12.4 Å². The average Bonchev–Trinajstić information content (AvgIpc) is 2.37. The molecule has 0 saturated heterocycles. The molecule has 0 saturated carbocycles. The Labute approximate surface area is 124 Å². The van der Waals surface area contributed by atoms with Gasteiger partial charge in [0.15, 0.2) is 6.61 Å². The van der Waals surface area contributed by atoms with Gasteiger partial charge in [0, 0.05) is 6.07 Å². The Hall–Kier alpha value is -1.61. The molecule has 1 aromatic rings. The van der Waals surface area contributed by atoms with E-state index in [1.807, 2.05) is 0 Å². The molecular formula is C11H14ClF4N3O2. The van der Waals surface area contributed by atoms with Crippen molar-refractivity contribution in [3.05, 3.63) is 18.3 Å². The lowest BCUT2D eigenvalue weighted by molar-refractivity contribution is -0.148. The van der Waals surface area contributed by atoms with Crippen molar-refractivity contribution in [1.29, 1.82) is 0 Å². The second-order valence-corrected chi connectivity index (χ2v) is 4.01. The fraction of sp³-hybridized carbons (Fsp3) is 0.455. The molecule has 1 aromatic heterocycles. The fourth-order valence-corrected chi connectivity index (χ4v) is 1.03. The van der Waals surface area contributed by atoms with Crippen LogP contribution in [0.3, 0.4) is 0 Å². The molecule has 1 amide bonds. The van der Waals surface area contributed by atoms with Crippen molar-refractivity contribution in [2.24, 2.45) is 5.73 Å². The third-order valence-electron chi connectivity index (χ3n) is 2.15. The molecule has 1 atom stereocenters. The summed E-state index contributed by atoms with van der Waals surface area (Å²) in [5.41, 5.74) is 5.60. The first kappa shape index (κ1) is 19.4. The second kappa shape index (κ2) is 7.99. The molecule has 0 aliphatic carbocycles. The van der Waals surface area contributed by atoms with Gasteiger partial charge in [0.25, 0.3) is 0 Å². The summed E-state index contributed by atoms with van der Waals surface area (Å²) in [6.07, 6.45) is -2.68. The van der Waals surface area contributed by atoms with Gasteiger partial charge in [0.1, 0.15) is 0 Å². The Bertz CT molecular complexity index is 457. The highest BCUT2D eigenvalue weighted by molar-refractivity contribution is 5.94. The van der Waals surface area contributed by atoms with Gasteiger partial charge >= 0.3 is 12.3 Å². The molecule has 21 heavy (non-hydrogen) atoms. The predicted octanol–water partition coefficient (Wildman–Crippen LogP) is 2.07. The minimum atomic E-state index is -4.25. The first-order chi connectivity index (χ1) is 9.22. The summed E-state index contributed by atoms with van der Waals surface area (Å²) in [5.74, 6) is -4.96. The SMILES string of the molecule is CC(N)C(=O)Nc1ccc(OCC(F)(F)C(F)F)nc1.Cl. The minimum absolute atomic E-state index is 0. The third kappa shape index (κ3) is 6.13. The Morgan fingerprint density at radius 1 is 1.48 bits per heavy atom. The topological polar surface area (TPSA) is 77.2 Å². The van der Waals surface area contributed by atoms with Gasteiger partial charge in [0.05, 0.1) is 17.9 Å². The molecule has 0 aliphatic heterocycles. The van der Waals surface area contributed by atoms with Crippen LogP contribution in [-0.4, -0.2) is 35.9 Å². The quantitative estimate of drug-likeness (QED) is 0.782. The molecule has 1 unspecified atom stereocenters. The van der Waals surface area contributed by atoms with Gasteiger partial charge in [-0.15, -0.1) is 12.4 Å². The van der Waals surface area contributed by atoms with Gasteiger partial charge < -0.3 is 15.8 Å². The van der Waals surface area contributed by atoms with Crippen molar-refractivity contribution in [1.82, 2.24) is 4.98 Å². The van der Waals surface area contributed by atoms with Crippen LogP contribution in [-0.2, 0) is 4.79 Å². The van der Waals surface area contributed by atoms with Crippen molar-refractivity contribution in [2.75, 3.05) is 11.9 Å². The number of hydrogen-bond donors (Lipinski definition) is 2. The van der Waals surface area contributed by atoms with E-state index in [9.17, 15) is 22.4 Å². The number of ether oxygens (including phenoxy) is 1. The molecule has 1 rings (SSSR count). The maximum absolute atomic E-state index is 12.6. The standard InChI is InChI=1S/C11H13F4N3O2.ClH/c1-6(16)9(19)18-7-2-3-8(17-4-7)20-5-11(14,15)10(12)13;/h2-4,6,10H,5,16H2,1H3,(H,18,19);1H. The summed E-state index contributed by atoms with van der Waals surface area (Å²) in [5, 5.41) is 2.41. The highest BCUT2D eigenvalue weighted by Crippen LogP contribution is 2.23. The van der Waals surface area contributed by atoms with E-state index in [1.165, 1.54) is 19.1 Å². The molecule has 5 nitrogen and oxygen atoms in total. The van der Waals surface area contributed by atoms with Gasteiger partial charge in [-0.05, 0) is 13.0 Å². The highest BCUT2D eigenvalue weighted by atomic mass is 35.5. The summed E-state index contributed by atoms with van der Waals surface area (Å²) in [7, 11) is 0. The molecule has 3 N–H and O–H groups in total. The third-order valence-corrected chi connectivity index (χ3v) is 2.15. The maximum Gasteiger partial charge on any atom is 0.340 e. The van der Waals surface area contributed by atoms with Crippen molar-refractivity contribution < 1.29 is 27.1 Å². The second-order valence-electron chi connectivity index (χ2n) is 4.01. The Kier molecular flexibility index (Phi) is 7.37. The van der Waals surface area contributed by atoms with Crippen molar-refractivity contribution in [3.63, 3.8) is 0 Å². The number of carbonyl (C=O) groups is 1. The number of nitrogens with zero attached hydrogens (tertiary/aromatic N) is 1. The van der Waals surface area contributed by atoms with E-state index in [0.29, 0.717) is 0 Å². The average molecular weight is 332 g/mol. The zero-order valence-corrected chi connectivity index (χ0v) is 11.7. The summed E-state index contributed by atoms with van der Waals surface area (Å²) < 4.78 is 53.4. The molecule has 1 heterocycles. The lowest BCUT2D eigenvalue weighted by Gasteiger charge is -2.15. The normalized spacial score (nSPS) is 12.5. The van der Waals surface area contributed by atoms with Crippen LogP contribution in [0.5, 0.6) is 5.88 Å². The molecule has 0 spiro atoms. The molecular weight excluding hydrogens is 318 g/mol. The number of anilines is 1. The number of rotatable bonds is 6. The lowest BCUT2D eigenvalue weighted by Crippen LogP contribution is -2.34. The van der Waals surface area contributed by atoms with Crippen LogP contribution in [0.2, 0.25) is 0 Å². The molecule has 0 fully saturated rings. The monoisotopic (exact) mass is 331 g/mol. The van der Waals surface area contributed by atoms with E-state index in [1.54, 1.807) is 0 Å². The minimum Gasteiger partial charge on any atom is -0.471 e. The van der Waals surface area contributed by atoms with Gasteiger partial charge in [0.2, 0.25) is 11.8 Å². The van der Waals surface area contributed by atoms with E-state index in [2.05, 4.69) is 15.0 Å². The number of aromatic nitrogens is 1. The largest absolute Gasteiger partial charge is 0.471 e. The summed E-state index contributed by atoms with van der Waals surface area (Å²) >= 11 is 0. The number of nitrogens with one attached hydrogen (secondary N) is 1. The van der Waals surface area contributed by atoms with E-state index < -0.39 is 30.9 Å². The number of pyridine rings is 1. The van der Waals surface area contributed by atoms with Crippen molar-refractivity contribution in [2.45, 2.75) is 25.3 Å². The van der Waals surface area contributed by atoms with Crippen molar-refractivity contribution in [3.8, 4) is 5.88 Å². The zero-order valence-electron chi connectivity index (χ0n) is 10.9. The Balaban J connectivity index is 0.00000400. The number of carbonyl (C=O) groups excluding carboxylic acids is 1. The number of hydrogen-bond acceptors (Lipinski definition) is 4. The summed E-state index contributed by atoms with van der Waals surface area (Å²) in [6.45, 7) is -0.00409. The molecule has 120 valence electrons. The molecule has 0 bridgehead atoms. The van der Waals surface area contributed by atoms with Crippen LogP contribution in [0, 0.1) is 0 Å². The number of alkyl halides is 4. The number of amides is 1. The first-order valence-electron chi connectivity index (χ1n) is 5.53. The number of halogens is 5. The van der Waals surface area contributed by atoms with Gasteiger partial charge in [-0.1, -0.05) is 0 Å². The molecule has 10 heteroatoms. The van der Waals surface area contributed by atoms with Crippen LogP contribution < -0.4 is 15.8 Å². The highest BCUT2D eigenvalue weighted by Gasteiger charge is 2.41. The summed E-state index contributed by atoms with van der Waals surface area (Å²) in [4.78, 5) is 14.8. The van der Waals surface area contributed by atoms with E-state index in [0.717, 1.165) is 6.20 Å². The Morgan fingerprint density at radius 3 is 2.52 bits per heavy atom. The van der Waals surface area contributed by atoms with Gasteiger partial charge in [-0.25, -0.2) is 13.8 Å². The molecule has 0 aromatic carbocycles. The van der Waals surface area contributed by atoms with Crippen molar-refractivity contribution >= 4 is 24.0 Å². The molecule has 0 aliphatic rings.